The van der Waals surface area contributed by atoms with Crippen LogP contribution in [0.5, 0.6) is 0 Å². The molecule has 30 heavy (non-hydrogen) atoms. The Labute approximate surface area is 178 Å². The maximum absolute atomic E-state index is 12.6. The van der Waals surface area contributed by atoms with Gasteiger partial charge in [-0.1, -0.05) is 60.2 Å². The lowest BCUT2D eigenvalue weighted by molar-refractivity contribution is -0.145. The SMILES string of the molecule is COC(=O)[C@H](Cc1ccccc1)NC(=O)CN1CCN(Cc2cccc(C)c2)CC1. The van der Waals surface area contributed by atoms with E-state index >= 15 is 0 Å². The van der Waals surface area contributed by atoms with Crippen LogP contribution >= 0.6 is 0 Å². The zero-order chi connectivity index (χ0) is 21.3. The standard InChI is InChI=1S/C24H31N3O3/c1-19-7-6-10-21(15-19)17-26-11-13-27(14-12-26)18-23(28)25-22(24(29)30-2)16-20-8-4-3-5-9-20/h3-10,15,22H,11-14,16-18H2,1-2H3,(H,25,28)/t22-/m0/s1. The zero-order valence-corrected chi connectivity index (χ0v) is 17.8. The molecule has 0 spiro atoms. The first-order valence-corrected chi connectivity index (χ1v) is 10.4. The molecule has 1 atom stereocenters. The average Bonchev–Trinajstić information content (AvgIpc) is 2.75. The second-order valence-electron chi connectivity index (χ2n) is 7.87. The molecule has 0 aliphatic carbocycles. The predicted octanol–water partition coefficient (Wildman–Crippen LogP) is 2.01. The van der Waals surface area contributed by atoms with Crippen molar-refractivity contribution in [2.75, 3.05) is 39.8 Å². The Morgan fingerprint density at radius 3 is 2.30 bits per heavy atom. The number of nitrogens with zero attached hydrogens (tertiary/aromatic N) is 2. The Kier molecular flexibility index (Phi) is 7.99. The lowest BCUT2D eigenvalue weighted by Gasteiger charge is -2.34. The van der Waals surface area contributed by atoms with Crippen LogP contribution in [0.2, 0.25) is 0 Å². The zero-order valence-electron chi connectivity index (χ0n) is 17.8. The maximum Gasteiger partial charge on any atom is 0.328 e. The summed E-state index contributed by atoms with van der Waals surface area (Å²) in [5, 5.41) is 2.85. The summed E-state index contributed by atoms with van der Waals surface area (Å²) in [5.74, 6) is -0.566. The second kappa shape index (κ2) is 10.9. The van der Waals surface area contributed by atoms with Crippen molar-refractivity contribution in [1.82, 2.24) is 15.1 Å². The van der Waals surface area contributed by atoms with E-state index in [4.69, 9.17) is 4.74 Å². The number of hydrogen-bond donors (Lipinski definition) is 1. The number of nitrogens with one attached hydrogen (secondary N) is 1. The van der Waals surface area contributed by atoms with Crippen LogP contribution in [0.15, 0.2) is 54.6 Å². The van der Waals surface area contributed by atoms with Crippen LogP contribution in [0.3, 0.4) is 0 Å². The molecule has 1 saturated heterocycles. The van der Waals surface area contributed by atoms with Crippen LogP contribution in [0.1, 0.15) is 16.7 Å². The molecule has 0 saturated carbocycles. The van der Waals surface area contributed by atoms with Gasteiger partial charge in [0.05, 0.1) is 13.7 Å². The lowest BCUT2D eigenvalue weighted by Crippen LogP contribution is -2.51. The van der Waals surface area contributed by atoms with Gasteiger partial charge >= 0.3 is 5.97 Å². The molecule has 6 heteroatoms. The van der Waals surface area contributed by atoms with Crippen LogP contribution < -0.4 is 5.32 Å². The van der Waals surface area contributed by atoms with Crippen molar-refractivity contribution in [2.45, 2.75) is 25.9 Å². The second-order valence-corrected chi connectivity index (χ2v) is 7.87. The Morgan fingerprint density at radius 2 is 1.63 bits per heavy atom. The molecule has 1 amide bonds. The highest BCUT2D eigenvalue weighted by atomic mass is 16.5. The molecule has 1 fully saturated rings. The molecule has 2 aromatic carbocycles. The summed E-state index contributed by atoms with van der Waals surface area (Å²) in [6.07, 6.45) is 0.420. The third-order valence-electron chi connectivity index (χ3n) is 5.42. The van der Waals surface area contributed by atoms with Crippen molar-refractivity contribution in [3.8, 4) is 0 Å². The molecular weight excluding hydrogens is 378 g/mol. The summed E-state index contributed by atoms with van der Waals surface area (Å²) >= 11 is 0. The number of hydrogen-bond acceptors (Lipinski definition) is 5. The van der Waals surface area contributed by atoms with Crippen LogP contribution in [0, 0.1) is 6.92 Å². The van der Waals surface area contributed by atoms with Gasteiger partial charge in [-0.05, 0) is 18.1 Å². The minimum absolute atomic E-state index is 0.145. The fraction of sp³-hybridized carbons (Fsp3) is 0.417. The van der Waals surface area contributed by atoms with E-state index in [1.165, 1.54) is 18.2 Å². The molecule has 1 aliphatic rings. The first kappa shape index (κ1) is 22.0. The summed E-state index contributed by atoms with van der Waals surface area (Å²) in [5.41, 5.74) is 3.58. The third kappa shape index (κ3) is 6.68. The largest absolute Gasteiger partial charge is 0.467 e. The van der Waals surface area contributed by atoms with Gasteiger partial charge in [-0.25, -0.2) is 4.79 Å². The van der Waals surface area contributed by atoms with E-state index in [0.29, 0.717) is 13.0 Å². The van der Waals surface area contributed by atoms with Crippen molar-refractivity contribution in [3.63, 3.8) is 0 Å². The van der Waals surface area contributed by atoms with Crippen molar-refractivity contribution >= 4 is 11.9 Å². The lowest BCUT2D eigenvalue weighted by atomic mass is 10.1. The molecule has 1 heterocycles. The molecule has 160 valence electrons. The Bertz CT molecular complexity index is 833. The molecule has 6 nitrogen and oxygen atoms in total. The maximum atomic E-state index is 12.6. The van der Waals surface area contributed by atoms with Crippen molar-refractivity contribution in [2.24, 2.45) is 0 Å². The number of rotatable bonds is 8. The minimum Gasteiger partial charge on any atom is -0.467 e. The summed E-state index contributed by atoms with van der Waals surface area (Å²) in [7, 11) is 1.35. The third-order valence-corrected chi connectivity index (χ3v) is 5.42. The quantitative estimate of drug-likeness (QED) is 0.676. The minimum atomic E-state index is -0.674. The Hall–Kier alpha value is -2.70. The van der Waals surface area contributed by atoms with E-state index in [9.17, 15) is 9.59 Å². The van der Waals surface area contributed by atoms with Crippen LogP contribution in [0.25, 0.3) is 0 Å². The molecule has 1 aliphatic heterocycles. The van der Waals surface area contributed by atoms with Crippen LogP contribution in [-0.4, -0.2) is 67.6 Å². The fourth-order valence-corrected chi connectivity index (χ4v) is 3.80. The number of carbonyl (C=O) groups is 2. The average molecular weight is 410 g/mol. The van der Waals surface area contributed by atoms with Crippen molar-refractivity contribution < 1.29 is 14.3 Å². The number of methoxy groups -OCH3 is 1. The number of carbonyl (C=O) groups excluding carboxylic acids is 2. The van der Waals surface area contributed by atoms with Crippen LogP contribution in [0.4, 0.5) is 0 Å². The smallest absolute Gasteiger partial charge is 0.328 e. The monoisotopic (exact) mass is 409 g/mol. The number of ether oxygens (including phenoxy) is 1. The van der Waals surface area contributed by atoms with Gasteiger partial charge in [-0.3, -0.25) is 14.6 Å². The first-order chi connectivity index (χ1) is 14.5. The fourth-order valence-electron chi connectivity index (χ4n) is 3.80. The number of aryl methyl sites for hydroxylation is 1. The van der Waals surface area contributed by atoms with Gasteiger partial charge in [0, 0.05) is 39.1 Å². The van der Waals surface area contributed by atoms with E-state index in [1.807, 2.05) is 30.3 Å². The predicted molar refractivity (Wildman–Crippen MR) is 117 cm³/mol. The molecule has 2 aromatic rings. The van der Waals surface area contributed by atoms with E-state index in [1.54, 1.807) is 0 Å². The highest BCUT2D eigenvalue weighted by molar-refractivity contribution is 5.85. The van der Waals surface area contributed by atoms with Gasteiger partial charge in [0.2, 0.25) is 5.91 Å². The van der Waals surface area contributed by atoms with Gasteiger partial charge in [-0.2, -0.15) is 0 Å². The Balaban J connectivity index is 1.46. The van der Waals surface area contributed by atoms with Crippen LogP contribution in [-0.2, 0) is 27.3 Å². The summed E-state index contributed by atoms with van der Waals surface area (Å²) in [4.78, 5) is 29.2. The molecule has 0 aromatic heterocycles. The highest BCUT2D eigenvalue weighted by Gasteiger charge is 2.24. The van der Waals surface area contributed by atoms with E-state index in [-0.39, 0.29) is 5.91 Å². The summed E-state index contributed by atoms with van der Waals surface area (Å²) in [6.45, 7) is 6.85. The molecule has 0 bridgehead atoms. The highest BCUT2D eigenvalue weighted by Crippen LogP contribution is 2.10. The number of amides is 1. The van der Waals surface area contributed by atoms with Crippen molar-refractivity contribution in [1.29, 1.82) is 0 Å². The Morgan fingerprint density at radius 1 is 0.967 bits per heavy atom. The number of esters is 1. The van der Waals surface area contributed by atoms with E-state index in [0.717, 1.165) is 38.3 Å². The van der Waals surface area contributed by atoms with Gasteiger partial charge < -0.3 is 10.1 Å². The van der Waals surface area contributed by atoms with Gasteiger partial charge in [0.25, 0.3) is 0 Å². The van der Waals surface area contributed by atoms with Gasteiger partial charge in [-0.15, -0.1) is 0 Å². The normalized spacial score (nSPS) is 16.1. The van der Waals surface area contributed by atoms with Gasteiger partial charge in [0.15, 0.2) is 0 Å². The van der Waals surface area contributed by atoms with Crippen molar-refractivity contribution in [3.05, 3.63) is 71.3 Å². The topological polar surface area (TPSA) is 61.9 Å². The van der Waals surface area contributed by atoms with E-state index < -0.39 is 12.0 Å². The summed E-state index contributed by atoms with van der Waals surface area (Å²) in [6, 6.07) is 17.6. The molecule has 3 rings (SSSR count). The van der Waals surface area contributed by atoms with Gasteiger partial charge in [0.1, 0.15) is 6.04 Å². The molecule has 1 N–H and O–H groups in total. The first-order valence-electron chi connectivity index (χ1n) is 10.4. The molecular formula is C24H31N3O3. The van der Waals surface area contributed by atoms with E-state index in [2.05, 4.69) is 46.3 Å². The number of piperazine rings is 1. The summed E-state index contributed by atoms with van der Waals surface area (Å²) < 4.78 is 4.88. The molecule has 0 unspecified atom stereocenters. The molecule has 0 radical (unpaired) electrons. The number of benzene rings is 2.